The first-order valence-corrected chi connectivity index (χ1v) is 5.53. The van der Waals surface area contributed by atoms with Gasteiger partial charge in [-0.25, -0.2) is 0 Å². The molecular formula is C11H16F2O2. The average molecular weight is 218 g/mol. The zero-order chi connectivity index (χ0) is 10.7. The molecule has 15 heavy (non-hydrogen) atoms. The number of halogens is 2. The Balaban J connectivity index is 1.84. The second-order valence-electron chi connectivity index (χ2n) is 4.16. The van der Waals surface area contributed by atoms with E-state index < -0.39 is 6.08 Å². The molecule has 0 spiro atoms. The Hall–Kier alpha value is -0.480. The molecule has 2 aliphatic rings. The lowest BCUT2D eigenvalue weighted by molar-refractivity contribution is -0.208. The van der Waals surface area contributed by atoms with Gasteiger partial charge in [-0.3, -0.25) is 0 Å². The Bertz CT molecular complexity index is 233. The molecule has 0 amide bonds. The maximum Gasteiger partial charge on any atom is 0.269 e. The fraction of sp³-hybridized carbons (Fsp3) is 0.818. The smallest absolute Gasteiger partial charge is 0.269 e. The van der Waals surface area contributed by atoms with Gasteiger partial charge in [-0.1, -0.05) is 0 Å². The summed E-state index contributed by atoms with van der Waals surface area (Å²) in [5.74, 6) is 0.299. The van der Waals surface area contributed by atoms with Crippen LogP contribution in [0.5, 0.6) is 0 Å². The fourth-order valence-corrected chi connectivity index (χ4v) is 2.23. The highest BCUT2D eigenvalue weighted by Gasteiger charge is 2.29. The van der Waals surface area contributed by atoms with Crippen LogP contribution in [0.2, 0.25) is 0 Å². The van der Waals surface area contributed by atoms with Crippen molar-refractivity contribution in [2.45, 2.75) is 38.4 Å². The van der Waals surface area contributed by atoms with Crippen LogP contribution < -0.4 is 0 Å². The van der Waals surface area contributed by atoms with Crippen molar-refractivity contribution in [3.8, 4) is 0 Å². The normalized spacial score (nSPS) is 29.2. The Morgan fingerprint density at radius 2 is 1.67 bits per heavy atom. The second-order valence-corrected chi connectivity index (χ2v) is 4.16. The minimum Gasteiger partial charge on any atom is -0.352 e. The van der Waals surface area contributed by atoms with Crippen LogP contribution in [0.1, 0.15) is 32.1 Å². The molecule has 0 aromatic rings. The number of hydrogen-bond donors (Lipinski definition) is 0. The maximum atomic E-state index is 12.3. The first-order valence-electron chi connectivity index (χ1n) is 5.53. The van der Waals surface area contributed by atoms with E-state index in [1.54, 1.807) is 0 Å². The second kappa shape index (κ2) is 5.03. The predicted molar refractivity (Wildman–Crippen MR) is 51.5 cm³/mol. The summed E-state index contributed by atoms with van der Waals surface area (Å²) >= 11 is 0. The zero-order valence-corrected chi connectivity index (χ0v) is 8.68. The molecule has 0 bridgehead atoms. The van der Waals surface area contributed by atoms with Gasteiger partial charge < -0.3 is 9.47 Å². The Kier molecular flexibility index (Phi) is 3.70. The quantitative estimate of drug-likeness (QED) is 0.673. The summed E-state index contributed by atoms with van der Waals surface area (Å²) in [7, 11) is 0. The summed E-state index contributed by atoms with van der Waals surface area (Å²) in [5.41, 5.74) is 0.321. The summed E-state index contributed by atoms with van der Waals surface area (Å²) in [6.45, 7) is 1.47. The van der Waals surface area contributed by atoms with Crippen molar-refractivity contribution in [2.24, 2.45) is 5.92 Å². The van der Waals surface area contributed by atoms with Gasteiger partial charge in [-0.2, -0.15) is 8.78 Å². The highest BCUT2D eigenvalue weighted by atomic mass is 19.3. The molecule has 1 aliphatic carbocycles. The molecule has 0 atom stereocenters. The number of rotatable bonds is 1. The third kappa shape index (κ3) is 2.75. The van der Waals surface area contributed by atoms with E-state index in [1.165, 1.54) is 0 Å². The van der Waals surface area contributed by atoms with Crippen molar-refractivity contribution in [3.05, 3.63) is 11.7 Å². The summed E-state index contributed by atoms with van der Waals surface area (Å²) < 4.78 is 35.6. The fourth-order valence-electron chi connectivity index (χ4n) is 2.23. The van der Waals surface area contributed by atoms with Gasteiger partial charge in [0.05, 0.1) is 13.2 Å². The van der Waals surface area contributed by atoms with Gasteiger partial charge in [0.15, 0.2) is 6.29 Å². The Morgan fingerprint density at radius 3 is 2.20 bits per heavy atom. The molecule has 0 aromatic carbocycles. The van der Waals surface area contributed by atoms with Gasteiger partial charge in [0.1, 0.15) is 0 Å². The molecule has 1 heterocycles. The molecule has 2 fully saturated rings. The Labute approximate surface area is 88.2 Å². The predicted octanol–water partition coefficient (Wildman–Crippen LogP) is 3.09. The SMILES string of the molecule is FC(F)=C1CCC(C2OCCCO2)CC1. The van der Waals surface area contributed by atoms with Gasteiger partial charge in [-0.05, 0) is 37.7 Å². The summed E-state index contributed by atoms with van der Waals surface area (Å²) in [6, 6.07) is 0. The molecule has 1 saturated heterocycles. The molecular weight excluding hydrogens is 202 g/mol. The van der Waals surface area contributed by atoms with Crippen LogP contribution in [-0.2, 0) is 9.47 Å². The van der Waals surface area contributed by atoms with Crippen molar-refractivity contribution >= 4 is 0 Å². The van der Waals surface area contributed by atoms with E-state index in [1.807, 2.05) is 0 Å². The van der Waals surface area contributed by atoms with E-state index in [9.17, 15) is 8.78 Å². The standard InChI is InChI=1S/C11H16F2O2/c12-10(13)8-2-4-9(5-3-8)11-14-6-1-7-15-11/h9,11H,1-7H2. The minimum absolute atomic E-state index is 0.150. The van der Waals surface area contributed by atoms with E-state index >= 15 is 0 Å². The lowest BCUT2D eigenvalue weighted by Gasteiger charge is -2.33. The van der Waals surface area contributed by atoms with Crippen molar-refractivity contribution in [3.63, 3.8) is 0 Å². The van der Waals surface area contributed by atoms with Crippen molar-refractivity contribution in [1.29, 1.82) is 0 Å². The highest BCUT2D eigenvalue weighted by Crippen LogP contribution is 2.34. The largest absolute Gasteiger partial charge is 0.352 e. The van der Waals surface area contributed by atoms with Gasteiger partial charge in [0, 0.05) is 5.92 Å². The monoisotopic (exact) mass is 218 g/mol. The molecule has 2 rings (SSSR count). The van der Waals surface area contributed by atoms with Crippen molar-refractivity contribution in [2.75, 3.05) is 13.2 Å². The van der Waals surface area contributed by atoms with E-state index in [0.29, 0.717) is 24.3 Å². The van der Waals surface area contributed by atoms with Crippen LogP contribution in [0.25, 0.3) is 0 Å². The van der Waals surface area contributed by atoms with Crippen LogP contribution in [0, 0.1) is 5.92 Å². The topological polar surface area (TPSA) is 18.5 Å². The first kappa shape index (κ1) is 11.0. The third-order valence-corrected chi connectivity index (χ3v) is 3.14. The molecule has 0 aromatic heterocycles. The van der Waals surface area contributed by atoms with Gasteiger partial charge in [0.25, 0.3) is 6.08 Å². The molecule has 4 heteroatoms. The average Bonchev–Trinajstić information content (AvgIpc) is 2.30. The van der Waals surface area contributed by atoms with Crippen LogP contribution in [0.3, 0.4) is 0 Å². The highest BCUT2D eigenvalue weighted by molar-refractivity contribution is 5.05. The first-order chi connectivity index (χ1) is 7.27. The van der Waals surface area contributed by atoms with E-state index in [2.05, 4.69) is 0 Å². The summed E-state index contributed by atoms with van der Waals surface area (Å²) in [4.78, 5) is 0. The van der Waals surface area contributed by atoms with Crippen LogP contribution >= 0.6 is 0 Å². The summed E-state index contributed by atoms with van der Waals surface area (Å²) in [5, 5.41) is 0. The molecule has 1 aliphatic heterocycles. The van der Waals surface area contributed by atoms with E-state index in [4.69, 9.17) is 9.47 Å². The molecule has 0 N–H and O–H groups in total. The number of allylic oxidation sites excluding steroid dienone is 1. The maximum absolute atomic E-state index is 12.3. The Morgan fingerprint density at radius 1 is 1.07 bits per heavy atom. The number of hydrogen-bond acceptors (Lipinski definition) is 2. The number of ether oxygens (including phenoxy) is 2. The van der Waals surface area contributed by atoms with Crippen LogP contribution in [0.4, 0.5) is 8.78 Å². The van der Waals surface area contributed by atoms with Gasteiger partial charge >= 0.3 is 0 Å². The van der Waals surface area contributed by atoms with Crippen molar-refractivity contribution < 1.29 is 18.3 Å². The lowest BCUT2D eigenvalue weighted by Crippen LogP contribution is -2.33. The van der Waals surface area contributed by atoms with Gasteiger partial charge in [-0.15, -0.1) is 0 Å². The van der Waals surface area contributed by atoms with Gasteiger partial charge in [0.2, 0.25) is 0 Å². The molecule has 0 radical (unpaired) electrons. The molecule has 2 nitrogen and oxygen atoms in total. The van der Waals surface area contributed by atoms with Crippen LogP contribution in [0.15, 0.2) is 11.7 Å². The van der Waals surface area contributed by atoms with Crippen LogP contribution in [-0.4, -0.2) is 19.5 Å². The van der Waals surface area contributed by atoms with Crippen molar-refractivity contribution in [1.82, 2.24) is 0 Å². The third-order valence-electron chi connectivity index (χ3n) is 3.14. The summed E-state index contributed by atoms with van der Waals surface area (Å²) in [6.07, 6.45) is 1.82. The molecule has 0 unspecified atom stereocenters. The van der Waals surface area contributed by atoms with E-state index in [-0.39, 0.29) is 6.29 Å². The van der Waals surface area contributed by atoms with E-state index in [0.717, 1.165) is 32.5 Å². The molecule has 86 valence electrons. The molecule has 1 saturated carbocycles. The zero-order valence-electron chi connectivity index (χ0n) is 8.68. The minimum atomic E-state index is -1.49. The lowest BCUT2D eigenvalue weighted by atomic mass is 9.85.